The Morgan fingerprint density at radius 2 is 1.77 bits per heavy atom. The van der Waals surface area contributed by atoms with E-state index in [9.17, 15) is 13.6 Å². The van der Waals surface area contributed by atoms with Gasteiger partial charge in [-0.15, -0.1) is 8.78 Å². The van der Waals surface area contributed by atoms with Gasteiger partial charge in [0.05, 0.1) is 18.1 Å². The molecule has 74 valence electrons. The van der Waals surface area contributed by atoms with Gasteiger partial charge in [0.2, 0.25) is 0 Å². The van der Waals surface area contributed by atoms with Crippen molar-refractivity contribution in [2.75, 3.05) is 0 Å². The molecule has 1 aliphatic carbocycles. The molecule has 0 aromatic heterocycles. The largest absolute Gasteiger partial charge is 0.486 e. The van der Waals surface area contributed by atoms with E-state index in [4.69, 9.17) is 5.11 Å². The van der Waals surface area contributed by atoms with E-state index in [1.165, 1.54) is 0 Å². The van der Waals surface area contributed by atoms with Crippen molar-refractivity contribution >= 4 is 5.97 Å². The minimum absolute atomic E-state index is 0.107. The van der Waals surface area contributed by atoms with Gasteiger partial charge in [0.1, 0.15) is 0 Å². The van der Waals surface area contributed by atoms with Crippen LogP contribution in [0.3, 0.4) is 0 Å². The highest BCUT2D eigenvalue weighted by molar-refractivity contribution is 5.70. The number of hydrogen-bond donors (Lipinski definition) is 1. The molecule has 6 heteroatoms. The molecule has 13 heavy (non-hydrogen) atoms. The second-order valence-corrected chi connectivity index (χ2v) is 3.28. The number of carbonyl (C=O) groups is 1. The van der Waals surface area contributed by atoms with Crippen LogP contribution in [0, 0.1) is 5.92 Å². The smallest absolute Gasteiger partial charge is 0.481 e. The zero-order valence-corrected chi connectivity index (χ0v) is 6.57. The Labute approximate surface area is 72.4 Å². The molecule has 1 saturated carbocycles. The zero-order chi connectivity index (χ0) is 9.64. The summed E-state index contributed by atoms with van der Waals surface area (Å²) >= 11 is 0. The zero-order valence-electron chi connectivity index (χ0n) is 6.57. The third-order valence-corrected chi connectivity index (χ3v) is 2.37. The van der Waals surface area contributed by atoms with Gasteiger partial charge in [0.15, 0.2) is 0 Å². The van der Waals surface area contributed by atoms with Crippen molar-refractivity contribution in [1.82, 2.24) is 0 Å². The maximum atomic E-state index is 12.4. The molecule has 3 atom stereocenters. The molecule has 0 amide bonds. The van der Waals surface area contributed by atoms with Gasteiger partial charge < -0.3 is 5.11 Å². The summed E-state index contributed by atoms with van der Waals surface area (Å²) in [5.74, 6) is -1.60. The van der Waals surface area contributed by atoms with Crippen LogP contribution in [0.4, 0.5) is 8.78 Å². The fraction of sp³-hybridized carbons (Fsp3) is 0.857. The van der Waals surface area contributed by atoms with Crippen LogP contribution in [0.1, 0.15) is 12.8 Å². The Hall–Kier alpha value is -0.750. The lowest BCUT2D eigenvalue weighted by molar-refractivity contribution is -0.354. The number of ether oxygens (including phenoxy) is 2. The van der Waals surface area contributed by atoms with E-state index in [0.29, 0.717) is 0 Å². The molecule has 0 radical (unpaired) electrons. The Morgan fingerprint density at radius 1 is 1.31 bits per heavy atom. The quantitative estimate of drug-likeness (QED) is 0.671. The molecule has 4 nitrogen and oxygen atoms in total. The number of rotatable bonds is 1. The first-order valence-corrected chi connectivity index (χ1v) is 3.94. The average molecular weight is 194 g/mol. The molecular formula is C7H8F2O4. The van der Waals surface area contributed by atoms with E-state index >= 15 is 0 Å². The van der Waals surface area contributed by atoms with Gasteiger partial charge in [-0.2, -0.15) is 0 Å². The molecule has 2 rings (SSSR count). The predicted octanol–water partition coefficient (Wildman–Crippen LogP) is 0.815. The average Bonchev–Trinajstić information content (AvgIpc) is 2.39. The van der Waals surface area contributed by atoms with Crippen LogP contribution in [0.15, 0.2) is 0 Å². The van der Waals surface area contributed by atoms with Gasteiger partial charge in [-0.1, -0.05) is 0 Å². The molecule has 1 N–H and O–H groups in total. The van der Waals surface area contributed by atoms with Crippen molar-refractivity contribution in [2.45, 2.75) is 31.3 Å². The number of aliphatic carboxylic acids is 1. The van der Waals surface area contributed by atoms with Crippen LogP contribution >= 0.6 is 0 Å². The molecule has 2 fully saturated rings. The summed E-state index contributed by atoms with van der Waals surface area (Å²) in [4.78, 5) is 10.5. The van der Waals surface area contributed by atoms with E-state index in [1.807, 2.05) is 0 Å². The number of alkyl halides is 2. The van der Waals surface area contributed by atoms with E-state index < -0.39 is 30.4 Å². The van der Waals surface area contributed by atoms with Gasteiger partial charge in [-0.25, -0.2) is 0 Å². The number of fused-ring (bicyclic) bond motifs is 1. The normalized spacial score (nSPS) is 41.8. The van der Waals surface area contributed by atoms with E-state index in [2.05, 4.69) is 9.47 Å². The number of carboxylic acid groups (broad SMARTS) is 1. The molecule has 0 bridgehead atoms. The van der Waals surface area contributed by atoms with Crippen LogP contribution in [0.2, 0.25) is 0 Å². The summed E-state index contributed by atoms with van der Waals surface area (Å²) < 4.78 is 33.3. The van der Waals surface area contributed by atoms with Crippen molar-refractivity contribution in [2.24, 2.45) is 5.92 Å². The summed E-state index contributed by atoms with van der Waals surface area (Å²) in [5, 5.41) is 8.60. The van der Waals surface area contributed by atoms with Gasteiger partial charge in [0, 0.05) is 0 Å². The molecular weight excluding hydrogens is 186 g/mol. The third kappa shape index (κ3) is 1.51. The topological polar surface area (TPSA) is 55.8 Å². The van der Waals surface area contributed by atoms with E-state index in [1.54, 1.807) is 0 Å². The molecule has 1 saturated heterocycles. The maximum Gasteiger partial charge on any atom is 0.486 e. The summed E-state index contributed by atoms with van der Waals surface area (Å²) in [5.41, 5.74) is 0. The molecule has 0 aromatic carbocycles. The van der Waals surface area contributed by atoms with Gasteiger partial charge in [-0.3, -0.25) is 14.3 Å². The molecule has 1 heterocycles. The number of hydrogen-bond acceptors (Lipinski definition) is 3. The molecule has 0 aromatic rings. The summed E-state index contributed by atoms with van der Waals surface area (Å²) in [7, 11) is 0. The van der Waals surface area contributed by atoms with Crippen molar-refractivity contribution in [3.8, 4) is 0 Å². The Bertz CT molecular complexity index is 227. The maximum absolute atomic E-state index is 12.4. The summed E-state index contributed by atoms with van der Waals surface area (Å²) in [6, 6.07) is 0. The Morgan fingerprint density at radius 3 is 2.15 bits per heavy atom. The Balaban J connectivity index is 2.01. The van der Waals surface area contributed by atoms with Crippen LogP contribution in [0.5, 0.6) is 0 Å². The van der Waals surface area contributed by atoms with Crippen molar-refractivity contribution in [3.05, 3.63) is 0 Å². The highest BCUT2D eigenvalue weighted by Crippen LogP contribution is 2.42. The lowest BCUT2D eigenvalue weighted by Gasteiger charge is -2.10. The van der Waals surface area contributed by atoms with Crippen molar-refractivity contribution in [1.29, 1.82) is 0 Å². The van der Waals surface area contributed by atoms with E-state index in [-0.39, 0.29) is 12.8 Å². The highest BCUT2D eigenvalue weighted by Gasteiger charge is 2.54. The van der Waals surface area contributed by atoms with Gasteiger partial charge in [-0.05, 0) is 12.8 Å². The van der Waals surface area contributed by atoms with Crippen molar-refractivity contribution < 1.29 is 28.2 Å². The third-order valence-electron chi connectivity index (χ3n) is 2.37. The fourth-order valence-electron chi connectivity index (χ4n) is 1.79. The van der Waals surface area contributed by atoms with Crippen LogP contribution < -0.4 is 0 Å². The fourth-order valence-corrected chi connectivity index (χ4v) is 1.79. The second-order valence-electron chi connectivity index (χ2n) is 3.28. The molecule has 0 spiro atoms. The molecule has 1 aliphatic heterocycles. The van der Waals surface area contributed by atoms with Crippen LogP contribution in [-0.4, -0.2) is 29.6 Å². The first-order chi connectivity index (χ1) is 5.98. The summed E-state index contributed by atoms with van der Waals surface area (Å²) in [6.07, 6.45) is -4.85. The highest BCUT2D eigenvalue weighted by atomic mass is 19.3. The van der Waals surface area contributed by atoms with Crippen LogP contribution in [0.25, 0.3) is 0 Å². The van der Waals surface area contributed by atoms with Crippen LogP contribution in [-0.2, 0) is 14.3 Å². The molecule has 1 unspecified atom stereocenters. The van der Waals surface area contributed by atoms with E-state index in [0.717, 1.165) is 0 Å². The lowest BCUT2D eigenvalue weighted by Crippen LogP contribution is -2.21. The monoisotopic (exact) mass is 194 g/mol. The SMILES string of the molecule is O=C(O)C1C[C@@H]2OC(F)(F)O[C@@H]2C1. The molecule has 2 aliphatic rings. The first kappa shape index (κ1) is 8.83. The van der Waals surface area contributed by atoms with Crippen molar-refractivity contribution in [3.63, 3.8) is 0 Å². The lowest BCUT2D eigenvalue weighted by atomic mass is 10.1. The van der Waals surface area contributed by atoms with Gasteiger partial charge in [0.25, 0.3) is 0 Å². The first-order valence-electron chi connectivity index (χ1n) is 3.94. The van der Waals surface area contributed by atoms with Gasteiger partial charge >= 0.3 is 12.3 Å². The minimum Gasteiger partial charge on any atom is -0.481 e. The minimum atomic E-state index is -3.53. The standard InChI is InChI=1S/C7H8F2O4/c8-7(9)12-4-1-3(6(10)11)2-5(4)13-7/h3-5H,1-2H2,(H,10,11)/t3?,4-,5+. The second kappa shape index (κ2) is 2.62. The number of halogens is 2. The predicted molar refractivity (Wildman–Crippen MR) is 35.1 cm³/mol. The Kier molecular flexibility index (Phi) is 1.78. The summed E-state index contributed by atoms with van der Waals surface area (Å²) in [6.45, 7) is 0. The number of carboxylic acids is 1.